The van der Waals surface area contributed by atoms with Gasteiger partial charge in [0.05, 0.1) is 0 Å². The standard InChI is InChI=1S/C17H27N3/c1-4-7-14(8-5-2)11-18-12-15-13-20(3)17-16(15)9-6-10-19-17/h6,9-10,13-14,18H,4-5,7-8,11-12H2,1-3H3. The lowest BCUT2D eigenvalue weighted by Crippen LogP contribution is -2.22. The molecule has 3 heteroatoms. The van der Waals surface area contributed by atoms with Gasteiger partial charge in [-0.25, -0.2) is 4.98 Å². The summed E-state index contributed by atoms with van der Waals surface area (Å²) >= 11 is 0. The van der Waals surface area contributed by atoms with Gasteiger partial charge < -0.3 is 9.88 Å². The predicted molar refractivity (Wildman–Crippen MR) is 85.7 cm³/mol. The average molecular weight is 273 g/mol. The largest absolute Gasteiger partial charge is 0.335 e. The van der Waals surface area contributed by atoms with Gasteiger partial charge in [-0.3, -0.25) is 0 Å². The number of nitrogens with zero attached hydrogens (tertiary/aromatic N) is 2. The van der Waals surface area contributed by atoms with Crippen LogP contribution in [0.1, 0.15) is 45.1 Å². The number of aromatic nitrogens is 2. The molecule has 0 unspecified atom stereocenters. The Balaban J connectivity index is 1.95. The molecule has 1 N–H and O–H groups in total. The van der Waals surface area contributed by atoms with Crippen molar-refractivity contribution in [2.75, 3.05) is 6.54 Å². The van der Waals surface area contributed by atoms with Gasteiger partial charge in [0, 0.05) is 31.4 Å². The van der Waals surface area contributed by atoms with Crippen molar-refractivity contribution in [3.63, 3.8) is 0 Å². The van der Waals surface area contributed by atoms with Gasteiger partial charge in [-0.15, -0.1) is 0 Å². The number of nitrogens with one attached hydrogen (secondary N) is 1. The number of pyridine rings is 1. The molecule has 0 radical (unpaired) electrons. The summed E-state index contributed by atoms with van der Waals surface area (Å²) < 4.78 is 2.11. The summed E-state index contributed by atoms with van der Waals surface area (Å²) in [7, 11) is 2.07. The molecule has 0 aliphatic heterocycles. The Morgan fingerprint density at radius 2 is 2.00 bits per heavy atom. The zero-order valence-electron chi connectivity index (χ0n) is 13.0. The Morgan fingerprint density at radius 1 is 1.25 bits per heavy atom. The lowest BCUT2D eigenvalue weighted by molar-refractivity contribution is 0.410. The number of rotatable bonds is 8. The predicted octanol–water partition coefficient (Wildman–Crippen LogP) is 3.88. The van der Waals surface area contributed by atoms with Crippen molar-refractivity contribution in [1.29, 1.82) is 0 Å². The van der Waals surface area contributed by atoms with Gasteiger partial charge in [0.15, 0.2) is 0 Å². The molecule has 0 saturated heterocycles. The van der Waals surface area contributed by atoms with Gasteiger partial charge in [0.1, 0.15) is 5.65 Å². The van der Waals surface area contributed by atoms with Gasteiger partial charge >= 0.3 is 0 Å². The van der Waals surface area contributed by atoms with Gasteiger partial charge in [-0.1, -0.05) is 26.7 Å². The van der Waals surface area contributed by atoms with Crippen molar-refractivity contribution in [2.24, 2.45) is 13.0 Å². The molecule has 2 aromatic rings. The molecule has 0 aliphatic rings. The van der Waals surface area contributed by atoms with Crippen LogP contribution in [0.15, 0.2) is 24.5 Å². The van der Waals surface area contributed by atoms with E-state index in [4.69, 9.17) is 0 Å². The smallest absolute Gasteiger partial charge is 0.139 e. The molecule has 3 nitrogen and oxygen atoms in total. The summed E-state index contributed by atoms with van der Waals surface area (Å²) in [4.78, 5) is 4.44. The van der Waals surface area contributed by atoms with Crippen LogP contribution < -0.4 is 5.32 Å². The molecule has 110 valence electrons. The normalized spacial score (nSPS) is 11.6. The maximum absolute atomic E-state index is 4.44. The number of aryl methyl sites for hydroxylation is 1. The first-order valence-electron chi connectivity index (χ1n) is 7.85. The average Bonchev–Trinajstić information content (AvgIpc) is 2.77. The summed E-state index contributed by atoms with van der Waals surface area (Å²) in [6.45, 7) is 6.61. The van der Waals surface area contributed by atoms with Crippen LogP contribution in [0, 0.1) is 5.92 Å². The first kappa shape index (κ1) is 15.0. The van der Waals surface area contributed by atoms with E-state index in [-0.39, 0.29) is 0 Å². The number of fused-ring (bicyclic) bond motifs is 1. The van der Waals surface area contributed by atoms with E-state index in [9.17, 15) is 0 Å². The summed E-state index contributed by atoms with van der Waals surface area (Å²) in [5.41, 5.74) is 2.42. The SMILES string of the molecule is CCCC(CCC)CNCc1cn(C)c2ncccc12. The molecule has 0 amide bonds. The van der Waals surface area contributed by atoms with Crippen LogP contribution >= 0.6 is 0 Å². The van der Waals surface area contributed by atoms with E-state index in [1.165, 1.54) is 36.6 Å². The highest BCUT2D eigenvalue weighted by Gasteiger charge is 2.09. The Bertz CT molecular complexity index is 524. The third kappa shape index (κ3) is 3.60. The molecule has 0 saturated carbocycles. The van der Waals surface area contributed by atoms with E-state index in [1.54, 1.807) is 0 Å². The molecular formula is C17H27N3. The van der Waals surface area contributed by atoms with Crippen molar-refractivity contribution < 1.29 is 0 Å². The van der Waals surface area contributed by atoms with E-state index in [0.29, 0.717) is 0 Å². The first-order valence-corrected chi connectivity index (χ1v) is 7.85. The van der Waals surface area contributed by atoms with Crippen LogP contribution in [0.5, 0.6) is 0 Å². The summed E-state index contributed by atoms with van der Waals surface area (Å²) in [6, 6.07) is 4.18. The van der Waals surface area contributed by atoms with Crippen LogP contribution in [0.25, 0.3) is 11.0 Å². The van der Waals surface area contributed by atoms with E-state index in [2.05, 4.69) is 48.0 Å². The van der Waals surface area contributed by atoms with Gasteiger partial charge in [-0.2, -0.15) is 0 Å². The van der Waals surface area contributed by atoms with E-state index in [1.807, 2.05) is 12.3 Å². The van der Waals surface area contributed by atoms with Crippen molar-refractivity contribution in [1.82, 2.24) is 14.9 Å². The van der Waals surface area contributed by atoms with Gasteiger partial charge in [-0.05, 0) is 43.0 Å². The third-order valence-corrected chi connectivity index (χ3v) is 3.96. The van der Waals surface area contributed by atoms with E-state index >= 15 is 0 Å². The monoisotopic (exact) mass is 273 g/mol. The quantitative estimate of drug-likeness (QED) is 0.791. The zero-order valence-corrected chi connectivity index (χ0v) is 13.0. The highest BCUT2D eigenvalue weighted by atomic mass is 15.0. The van der Waals surface area contributed by atoms with Crippen LogP contribution in [0.4, 0.5) is 0 Å². The molecule has 0 bridgehead atoms. The van der Waals surface area contributed by atoms with Crippen molar-refractivity contribution in [3.8, 4) is 0 Å². The number of hydrogen-bond donors (Lipinski definition) is 1. The molecular weight excluding hydrogens is 246 g/mol. The minimum atomic E-state index is 0.818. The van der Waals surface area contributed by atoms with Crippen LogP contribution in [0.3, 0.4) is 0 Å². The molecule has 0 spiro atoms. The van der Waals surface area contributed by atoms with Crippen LogP contribution in [-0.4, -0.2) is 16.1 Å². The van der Waals surface area contributed by atoms with Crippen LogP contribution in [0.2, 0.25) is 0 Å². The van der Waals surface area contributed by atoms with Crippen molar-refractivity contribution >= 4 is 11.0 Å². The molecule has 0 fully saturated rings. The second kappa shape index (κ2) is 7.44. The zero-order chi connectivity index (χ0) is 14.4. The lowest BCUT2D eigenvalue weighted by atomic mass is 9.98. The maximum Gasteiger partial charge on any atom is 0.139 e. The molecule has 20 heavy (non-hydrogen) atoms. The van der Waals surface area contributed by atoms with E-state index in [0.717, 1.165) is 24.7 Å². The van der Waals surface area contributed by atoms with Gasteiger partial charge in [0.2, 0.25) is 0 Å². The molecule has 2 rings (SSSR count). The van der Waals surface area contributed by atoms with Gasteiger partial charge in [0.25, 0.3) is 0 Å². The number of hydrogen-bond acceptors (Lipinski definition) is 2. The molecule has 0 aromatic carbocycles. The Hall–Kier alpha value is -1.35. The lowest BCUT2D eigenvalue weighted by Gasteiger charge is -2.15. The topological polar surface area (TPSA) is 29.9 Å². The Labute approximate surface area is 122 Å². The fraction of sp³-hybridized carbons (Fsp3) is 0.588. The highest BCUT2D eigenvalue weighted by molar-refractivity contribution is 5.80. The minimum absolute atomic E-state index is 0.818. The van der Waals surface area contributed by atoms with Crippen LogP contribution in [-0.2, 0) is 13.6 Å². The highest BCUT2D eigenvalue weighted by Crippen LogP contribution is 2.18. The summed E-state index contributed by atoms with van der Waals surface area (Å²) in [6.07, 6.45) is 9.28. The molecule has 0 atom stereocenters. The first-order chi connectivity index (χ1) is 9.76. The molecule has 2 heterocycles. The fourth-order valence-electron chi connectivity index (χ4n) is 3.01. The van der Waals surface area contributed by atoms with E-state index < -0.39 is 0 Å². The summed E-state index contributed by atoms with van der Waals surface area (Å²) in [5, 5.41) is 4.90. The second-order valence-corrected chi connectivity index (χ2v) is 5.71. The third-order valence-electron chi connectivity index (χ3n) is 3.96. The Kier molecular flexibility index (Phi) is 5.60. The second-order valence-electron chi connectivity index (χ2n) is 5.71. The molecule has 2 aromatic heterocycles. The fourth-order valence-corrected chi connectivity index (χ4v) is 3.01. The van der Waals surface area contributed by atoms with Crippen molar-refractivity contribution in [3.05, 3.63) is 30.1 Å². The summed E-state index contributed by atoms with van der Waals surface area (Å²) in [5.74, 6) is 0.818. The molecule has 0 aliphatic carbocycles. The maximum atomic E-state index is 4.44. The van der Waals surface area contributed by atoms with Crippen molar-refractivity contribution in [2.45, 2.75) is 46.1 Å². The Morgan fingerprint density at radius 3 is 2.70 bits per heavy atom. The minimum Gasteiger partial charge on any atom is -0.335 e.